The summed E-state index contributed by atoms with van der Waals surface area (Å²) in [5.41, 5.74) is 1.64. The van der Waals surface area contributed by atoms with Crippen molar-refractivity contribution < 1.29 is 9.18 Å². The number of hydrogen-bond acceptors (Lipinski definition) is 3. The number of fused-ring (bicyclic) bond motifs is 1. The zero-order valence-electron chi connectivity index (χ0n) is 11.3. The molecule has 106 valence electrons. The molecule has 0 fully saturated rings. The Morgan fingerprint density at radius 1 is 1.29 bits per heavy atom. The van der Waals surface area contributed by atoms with Crippen LogP contribution in [-0.4, -0.2) is 5.91 Å². The predicted molar refractivity (Wildman–Crippen MR) is 80.0 cm³/mol. The van der Waals surface area contributed by atoms with Crippen molar-refractivity contribution in [2.45, 2.75) is 25.7 Å². The molecule has 1 heterocycles. The summed E-state index contributed by atoms with van der Waals surface area (Å²) >= 11 is 1.52. The predicted octanol–water partition coefficient (Wildman–Crippen LogP) is 3.89. The molecule has 1 aromatic heterocycles. The molecule has 1 aliphatic carbocycles. The van der Waals surface area contributed by atoms with Crippen LogP contribution in [0.15, 0.2) is 24.3 Å². The Hall–Kier alpha value is -2.19. The molecule has 0 radical (unpaired) electrons. The number of benzene rings is 1. The second kappa shape index (κ2) is 5.66. The lowest BCUT2D eigenvalue weighted by Gasteiger charge is -2.08. The van der Waals surface area contributed by atoms with Gasteiger partial charge in [-0.3, -0.25) is 4.79 Å². The molecule has 0 saturated carbocycles. The molecule has 2 aromatic rings. The first-order chi connectivity index (χ1) is 10.2. The van der Waals surface area contributed by atoms with Crippen molar-refractivity contribution in [2.75, 3.05) is 5.32 Å². The SMILES string of the molecule is N#Cc1cc(NC(=O)c2cc3c(s2)CCCC3)ccc1F. The number of nitrogens with one attached hydrogen (secondary N) is 1. The summed E-state index contributed by atoms with van der Waals surface area (Å²) in [6.45, 7) is 0. The fourth-order valence-electron chi connectivity index (χ4n) is 2.48. The average Bonchev–Trinajstić information content (AvgIpc) is 2.93. The lowest BCUT2D eigenvalue weighted by molar-refractivity contribution is 0.103. The molecule has 1 N–H and O–H groups in total. The van der Waals surface area contributed by atoms with Gasteiger partial charge in [0.15, 0.2) is 0 Å². The molecule has 0 atom stereocenters. The van der Waals surface area contributed by atoms with E-state index in [4.69, 9.17) is 5.26 Å². The summed E-state index contributed by atoms with van der Waals surface area (Å²) in [6.07, 6.45) is 4.43. The monoisotopic (exact) mass is 300 g/mol. The van der Waals surface area contributed by atoms with Gasteiger partial charge >= 0.3 is 0 Å². The third-order valence-corrected chi connectivity index (χ3v) is 4.80. The molecule has 1 amide bonds. The van der Waals surface area contributed by atoms with Gasteiger partial charge in [0.05, 0.1) is 10.4 Å². The Balaban J connectivity index is 1.80. The third-order valence-electron chi connectivity index (χ3n) is 3.57. The average molecular weight is 300 g/mol. The molecule has 21 heavy (non-hydrogen) atoms. The maximum Gasteiger partial charge on any atom is 0.265 e. The first-order valence-corrected chi connectivity index (χ1v) is 7.61. The van der Waals surface area contributed by atoms with Crippen LogP contribution in [0, 0.1) is 17.1 Å². The van der Waals surface area contributed by atoms with Crippen LogP contribution in [-0.2, 0) is 12.8 Å². The van der Waals surface area contributed by atoms with Gasteiger partial charge in [-0.15, -0.1) is 11.3 Å². The van der Waals surface area contributed by atoms with Crippen LogP contribution < -0.4 is 5.32 Å². The van der Waals surface area contributed by atoms with Crippen LogP contribution in [0.25, 0.3) is 0 Å². The fourth-order valence-corrected chi connectivity index (χ4v) is 3.63. The standard InChI is InChI=1S/C16H13FN2OS/c17-13-6-5-12(7-11(13)9-18)19-16(20)15-8-10-3-1-2-4-14(10)21-15/h5-8H,1-4H2,(H,19,20). The molecule has 3 rings (SSSR count). The Bertz CT molecular complexity index is 722. The van der Waals surface area contributed by atoms with Crippen LogP contribution in [0.2, 0.25) is 0 Å². The molecule has 5 heteroatoms. The van der Waals surface area contributed by atoms with Gasteiger partial charge in [0.1, 0.15) is 11.9 Å². The Kier molecular flexibility index (Phi) is 3.72. The quantitative estimate of drug-likeness (QED) is 0.914. The highest BCUT2D eigenvalue weighted by atomic mass is 32.1. The number of carbonyl (C=O) groups is 1. The van der Waals surface area contributed by atoms with E-state index in [0.717, 1.165) is 12.8 Å². The van der Waals surface area contributed by atoms with E-state index in [1.807, 2.05) is 6.07 Å². The number of anilines is 1. The number of halogens is 1. The van der Waals surface area contributed by atoms with E-state index in [1.54, 1.807) is 6.07 Å². The van der Waals surface area contributed by atoms with Crippen LogP contribution >= 0.6 is 11.3 Å². The summed E-state index contributed by atoms with van der Waals surface area (Å²) in [5.74, 6) is -0.785. The molecular weight excluding hydrogens is 287 g/mol. The highest BCUT2D eigenvalue weighted by molar-refractivity contribution is 7.14. The van der Waals surface area contributed by atoms with Crippen molar-refractivity contribution in [3.8, 4) is 6.07 Å². The van der Waals surface area contributed by atoms with Gasteiger partial charge in [-0.05, 0) is 55.5 Å². The van der Waals surface area contributed by atoms with Crippen LogP contribution in [0.3, 0.4) is 0 Å². The molecular formula is C16H13FN2OS. The Labute approximate surface area is 126 Å². The number of aryl methyl sites for hydroxylation is 2. The van der Waals surface area contributed by atoms with Gasteiger partial charge in [-0.2, -0.15) is 5.26 Å². The van der Waals surface area contributed by atoms with Crippen LogP contribution in [0.1, 0.15) is 38.5 Å². The van der Waals surface area contributed by atoms with Crippen molar-refractivity contribution >= 4 is 22.9 Å². The highest BCUT2D eigenvalue weighted by Gasteiger charge is 2.17. The topological polar surface area (TPSA) is 52.9 Å². The van der Waals surface area contributed by atoms with E-state index in [-0.39, 0.29) is 11.5 Å². The maximum absolute atomic E-state index is 13.3. The number of thiophene rings is 1. The Morgan fingerprint density at radius 2 is 2.10 bits per heavy atom. The van der Waals surface area contributed by atoms with E-state index >= 15 is 0 Å². The summed E-state index contributed by atoms with van der Waals surface area (Å²) in [7, 11) is 0. The van der Waals surface area contributed by atoms with Gasteiger partial charge in [0, 0.05) is 10.6 Å². The first kappa shape index (κ1) is 13.8. The minimum atomic E-state index is -0.581. The number of hydrogen-bond donors (Lipinski definition) is 1. The number of amides is 1. The smallest absolute Gasteiger partial charge is 0.265 e. The zero-order valence-corrected chi connectivity index (χ0v) is 12.1. The summed E-state index contributed by atoms with van der Waals surface area (Å²) in [5, 5.41) is 11.5. The van der Waals surface area contributed by atoms with E-state index in [2.05, 4.69) is 5.32 Å². The van der Waals surface area contributed by atoms with Gasteiger partial charge in [-0.25, -0.2) is 4.39 Å². The summed E-state index contributed by atoms with van der Waals surface area (Å²) < 4.78 is 13.3. The van der Waals surface area contributed by atoms with Crippen LogP contribution in [0.4, 0.5) is 10.1 Å². The van der Waals surface area contributed by atoms with Crippen molar-refractivity contribution in [2.24, 2.45) is 0 Å². The number of nitrogens with zero attached hydrogens (tertiary/aromatic N) is 1. The summed E-state index contributed by atoms with van der Waals surface area (Å²) in [6, 6.07) is 7.71. The lowest BCUT2D eigenvalue weighted by Crippen LogP contribution is -2.10. The van der Waals surface area contributed by atoms with E-state index in [9.17, 15) is 9.18 Å². The molecule has 1 aliphatic rings. The molecule has 0 saturated heterocycles. The Morgan fingerprint density at radius 3 is 2.86 bits per heavy atom. The van der Waals surface area contributed by atoms with Crippen molar-refractivity contribution in [1.82, 2.24) is 0 Å². The summed E-state index contributed by atoms with van der Waals surface area (Å²) in [4.78, 5) is 14.2. The minimum Gasteiger partial charge on any atom is -0.321 e. The van der Waals surface area contributed by atoms with Gasteiger partial charge < -0.3 is 5.32 Å². The normalized spacial score (nSPS) is 13.3. The van der Waals surface area contributed by atoms with E-state index in [0.29, 0.717) is 10.6 Å². The molecule has 0 spiro atoms. The second-order valence-corrected chi connectivity index (χ2v) is 6.16. The minimum absolute atomic E-state index is 0.0710. The molecule has 0 unspecified atom stereocenters. The molecule has 3 nitrogen and oxygen atoms in total. The van der Waals surface area contributed by atoms with E-state index < -0.39 is 5.82 Å². The second-order valence-electron chi connectivity index (χ2n) is 5.03. The molecule has 0 aliphatic heterocycles. The maximum atomic E-state index is 13.3. The van der Waals surface area contributed by atoms with Crippen LogP contribution in [0.5, 0.6) is 0 Å². The van der Waals surface area contributed by atoms with Gasteiger partial charge in [0.25, 0.3) is 5.91 Å². The van der Waals surface area contributed by atoms with Gasteiger partial charge in [-0.1, -0.05) is 0 Å². The first-order valence-electron chi connectivity index (χ1n) is 6.80. The fraction of sp³-hybridized carbons (Fsp3) is 0.250. The van der Waals surface area contributed by atoms with Gasteiger partial charge in [0.2, 0.25) is 0 Å². The van der Waals surface area contributed by atoms with Crippen molar-refractivity contribution in [3.63, 3.8) is 0 Å². The highest BCUT2D eigenvalue weighted by Crippen LogP contribution is 2.30. The zero-order chi connectivity index (χ0) is 14.8. The molecule has 1 aromatic carbocycles. The molecule has 0 bridgehead atoms. The number of rotatable bonds is 2. The lowest BCUT2D eigenvalue weighted by atomic mass is 9.99. The third kappa shape index (κ3) is 2.81. The van der Waals surface area contributed by atoms with E-state index in [1.165, 1.54) is 52.8 Å². The largest absolute Gasteiger partial charge is 0.321 e. The number of nitriles is 1. The van der Waals surface area contributed by atoms with Crippen molar-refractivity contribution in [3.05, 3.63) is 51.0 Å². The van der Waals surface area contributed by atoms with Crippen molar-refractivity contribution in [1.29, 1.82) is 5.26 Å². The number of carbonyl (C=O) groups excluding carboxylic acids is 1.